The largest absolute Gasteiger partial charge is 0.489 e. The summed E-state index contributed by atoms with van der Waals surface area (Å²) in [6, 6.07) is 15.1. The van der Waals surface area contributed by atoms with Crippen LogP contribution in [0.3, 0.4) is 0 Å². The summed E-state index contributed by atoms with van der Waals surface area (Å²) in [7, 11) is 0. The van der Waals surface area contributed by atoms with E-state index >= 15 is 0 Å². The van der Waals surface area contributed by atoms with Crippen molar-refractivity contribution in [1.82, 2.24) is 0 Å². The molecule has 2 aromatic carbocycles. The molecule has 0 radical (unpaired) electrons. The van der Waals surface area contributed by atoms with Gasteiger partial charge in [-0.05, 0) is 36.6 Å². The maximum absolute atomic E-state index is 8.99. The molecule has 0 bridgehead atoms. The van der Waals surface area contributed by atoms with E-state index in [0.717, 1.165) is 22.4 Å². The van der Waals surface area contributed by atoms with Gasteiger partial charge in [0, 0.05) is 5.56 Å². The molecule has 0 spiro atoms. The molecule has 21 heavy (non-hydrogen) atoms. The van der Waals surface area contributed by atoms with E-state index in [0.29, 0.717) is 12.2 Å². The summed E-state index contributed by atoms with van der Waals surface area (Å²) in [5, 5.41) is 20.9. The van der Waals surface area contributed by atoms with Gasteiger partial charge in [0.2, 0.25) is 0 Å². The molecular formula is C17H16N2O2. The van der Waals surface area contributed by atoms with Crippen LogP contribution in [-0.2, 0) is 6.61 Å². The molecule has 0 atom stereocenters. The number of ether oxygens (including phenoxy) is 1. The van der Waals surface area contributed by atoms with E-state index < -0.39 is 0 Å². The van der Waals surface area contributed by atoms with Gasteiger partial charge in [-0.1, -0.05) is 41.6 Å². The lowest BCUT2D eigenvalue weighted by atomic mass is 10.0. The number of oxime groups is 1. The zero-order valence-corrected chi connectivity index (χ0v) is 12.0. The van der Waals surface area contributed by atoms with Gasteiger partial charge in [0.25, 0.3) is 0 Å². The van der Waals surface area contributed by atoms with Crippen molar-refractivity contribution in [2.75, 3.05) is 0 Å². The standard InChI is InChI=1S/C17H16N2O2/c1-12-7-8-13(2)17(9-12)21-11-14-5-3-4-6-15(14)16(10-18)19-20/h3-9,20H,11H2,1-2H3/b19-16-. The van der Waals surface area contributed by atoms with E-state index in [9.17, 15) is 0 Å². The number of nitriles is 1. The molecule has 1 N–H and O–H groups in total. The van der Waals surface area contributed by atoms with Gasteiger partial charge in [-0.25, -0.2) is 0 Å². The summed E-state index contributed by atoms with van der Waals surface area (Å²) in [5.74, 6) is 0.809. The van der Waals surface area contributed by atoms with Gasteiger partial charge in [0.05, 0.1) is 0 Å². The minimum atomic E-state index is -0.0184. The van der Waals surface area contributed by atoms with Crippen molar-refractivity contribution in [2.24, 2.45) is 5.16 Å². The fourth-order valence-electron chi connectivity index (χ4n) is 2.03. The molecule has 0 aliphatic rings. The van der Waals surface area contributed by atoms with Gasteiger partial charge >= 0.3 is 0 Å². The number of hydrogen-bond donors (Lipinski definition) is 1. The molecule has 4 nitrogen and oxygen atoms in total. The molecular weight excluding hydrogens is 264 g/mol. The summed E-state index contributed by atoms with van der Waals surface area (Å²) in [4.78, 5) is 0. The van der Waals surface area contributed by atoms with Crippen LogP contribution in [-0.4, -0.2) is 10.9 Å². The summed E-state index contributed by atoms with van der Waals surface area (Å²) >= 11 is 0. The van der Waals surface area contributed by atoms with Crippen LogP contribution in [0, 0.1) is 25.2 Å². The Hall–Kier alpha value is -2.80. The van der Waals surface area contributed by atoms with Gasteiger partial charge < -0.3 is 9.94 Å². The highest BCUT2D eigenvalue weighted by Gasteiger charge is 2.10. The SMILES string of the molecule is Cc1ccc(C)c(OCc2ccccc2/C(C#N)=N\O)c1. The van der Waals surface area contributed by atoms with Gasteiger partial charge in [0.15, 0.2) is 5.71 Å². The monoisotopic (exact) mass is 280 g/mol. The highest BCUT2D eigenvalue weighted by atomic mass is 16.5. The van der Waals surface area contributed by atoms with Crippen molar-refractivity contribution < 1.29 is 9.94 Å². The Morgan fingerprint density at radius 3 is 2.71 bits per heavy atom. The van der Waals surface area contributed by atoms with Crippen LogP contribution in [0.2, 0.25) is 0 Å². The molecule has 2 rings (SSSR count). The van der Waals surface area contributed by atoms with Crippen molar-refractivity contribution in [1.29, 1.82) is 5.26 Å². The van der Waals surface area contributed by atoms with Gasteiger partial charge in [-0.15, -0.1) is 0 Å². The third-order valence-corrected chi connectivity index (χ3v) is 3.21. The number of aryl methyl sites for hydroxylation is 2. The lowest BCUT2D eigenvalue weighted by Crippen LogP contribution is -2.06. The summed E-state index contributed by atoms with van der Waals surface area (Å²) in [5.41, 5.74) is 3.53. The van der Waals surface area contributed by atoms with Crippen molar-refractivity contribution in [2.45, 2.75) is 20.5 Å². The molecule has 0 aromatic heterocycles. The van der Waals surface area contributed by atoms with E-state index in [-0.39, 0.29) is 5.71 Å². The molecule has 4 heteroatoms. The molecule has 0 saturated heterocycles. The smallest absolute Gasteiger partial charge is 0.187 e. The average Bonchev–Trinajstić information content (AvgIpc) is 2.50. The van der Waals surface area contributed by atoms with Crippen LogP contribution in [0.1, 0.15) is 22.3 Å². The minimum Gasteiger partial charge on any atom is -0.489 e. The molecule has 0 unspecified atom stereocenters. The first-order valence-electron chi connectivity index (χ1n) is 6.56. The Bertz CT molecular complexity index is 715. The molecule has 0 fully saturated rings. The van der Waals surface area contributed by atoms with Crippen LogP contribution in [0.25, 0.3) is 0 Å². The number of rotatable bonds is 4. The maximum Gasteiger partial charge on any atom is 0.187 e. The Kier molecular flexibility index (Phi) is 4.57. The second kappa shape index (κ2) is 6.58. The molecule has 0 amide bonds. The topological polar surface area (TPSA) is 65.6 Å². The Morgan fingerprint density at radius 2 is 2.00 bits per heavy atom. The zero-order valence-electron chi connectivity index (χ0n) is 12.0. The predicted octanol–water partition coefficient (Wildman–Crippen LogP) is 3.58. The molecule has 106 valence electrons. The van der Waals surface area contributed by atoms with Crippen LogP contribution in [0.4, 0.5) is 0 Å². The second-order valence-electron chi connectivity index (χ2n) is 4.78. The van der Waals surface area contributed by atoms with Gasteiger partial charge in [0.1, 0.15) is 18.4 Å². The van der Waals surface area contributed by atoms with E-state index in [1.807, 2.05) is 50.2 Å². The quantitative estimate of drug-likeness (QED) is 0.529. The Balaban J connectivity index is 2.25. The van der Waals surface area contributed by atoms with Crippen molar-refractivity contribution >= 4 is 5.71 Å². The van der Waals surface area contributed by atoms with E-state index in [1.54, 1.807) is 12.1 Å². The van der Waals surface area contributed by atoms with Crippen molar-refractivity contribution in [3.63, 3.8) is 0 Å². The molecule has 0 saturated carbocycles. The first-order chi connectivity index (χ1) is 10.2. The molecule has 0 heterocycles. The fourth-order valence-corrected chi connectivity index (χ4v) is 2.03. The maximum atomic E-state index is 8.99. The first kappa shape index (κ1) is 14.6. The van der Waals surface area contributed by atoms with E-state index in [4.69, 9.17) is 15.2 Å². The summed E-state index contributed by atoms with van der Waals surface area (Å²) < 4.78 is 5.84. The molecule has 0 aliphatic carbocycles. The third kappa shape index (κ3) is 3.40. The van der Waals surface area contributed by atoms with E-state index in [1.165, 1.54) is 0 Å². The fraction of sp³-hybridized carbons (Fsp3) is 0.176. The number of benzene rings is 2. The Morgan fingerprint density at radius 1 is 1.24 bits per heavy atom. The highest BCUT2D eigenvalue weighted by Crippen LogP contribution is 2.21. The predicted molar refractivity (Wildman–Crippen MR) is 80.6 cm³/mol. The van der Waals surface area contributed by atoms with Crippen LogP contribution < -0.4 is 4.74 Å². The van der Waals surface area contributed by atoms with Crippen LogP contribution >= 0.6 is 0 Å². The van der Waals surface area contributed by atoms with Crippen molar-refractivity contribution in [3.05, 3.63) is 64.7 Å². The minimum absolute atomic E-state index is 0.0184. The van der Waals surface area contributed by atoms with E-state index in [2.05, 4.69) is 5.16 Å². The van der Waals surface area contributed by atoms with Gasteiger partial charge in [-0.3, -0.25) is 0 Å². The normalized spacial score (nSPS) is 11.0. The van der Waals surface area contributed by atoms with Gasteiger partial charge in [-0.2, -0.15) is 5.26 Å². The third-order valence-electron chi connectivity index (χ3n) is 3.21. The number of nitrogens with zero attached hydrogens (tertiary/aromatic N) is 2. The first-order valence-corrected chi connectivity index (χ1v) is 6.56. The van der Waals surface area contributed by atoms with Crippen LogP contribution in [0.5, 0.6) is 5.75 Å². The summed E-state index contributed by atoms with van der Waals surface area (Å²) in [6.45, 7) is 4.30. The van der Waals surface area contributed by atoms with Crippen LogP contribution in [0.15, 0.2) is 47.6 Å². The Labute approximate surface area is 123 Å². The lowest BCUT2D eigenvalue weighted by Gasteiger charge is -2.12. The zero-order chi connectivity index (χ0) is 15.2. The second-order valence-corrected chi connectivity index (χ2v) is 4.78. The van der Waals surface area contributed by atoms with Crippen molar-refractivity contribution in [3.8, 4) is 11.8 Å². The average molecular weight is 280 g/mol. The molecule has 0 aliphatic heterocycles. The molecule has 2 aromatic rings. The lowest BCUT2D eigenvalue weighted by molar-refractivity contribution is 0.303. The number of hydrogen-bond acceptors (Lipinski definition) is 4. The highest BCUT2D eigenvalue weighted by molar-refractivity contribution is 6.12. The summed E-state index contributed by atoms with van der Waals surface area (Å²) in [6.07, 6.45) is 0.